The van der Waals surface area contributed by atoms with Crippen molar-refractivity contribution in [2.75, 3.05) is 0 Å². The number of aryl methyl sites for hydroxylation is 2. The van der Waals surface area contributed by atoms with Crippen LogP contribution >= 0.6 is 11.3 Å². The zero-order chi connectivity index (χ0) is 19.5. The lowest BCUT2D eigenvalue weighted by atomic mass is 9.94. The molecule has 0 spiro atoms. The maximum absolute atomic E-state index is 14.5. The lowest BCUT2D eigenvalue weighted by Crippen LogP contribution is -2.48. The number of nitrogens with zero attached hydrogens (tertiary/aromatic N) is 2. The van der Waals surface area contributed by atoms with Gasteiger partial charge in [-0.15, -0.1) is 11.3 Å². The van der Waals surface area contributed by atoms with Crippen LogP contribution in [0.25, 0.3) is 11.1 Å². The molecule has 2 aromatic rings. The van der Waals surface area contributed by atoms with Gasteiger partial charge < -0.3 is 0 Å². The molecular weight excluding hydrogens is 378 g/mol. The molecule has 0 N–H and O–H groups in total. The van der Waals surface area contributed by atoms with E-state index in [1.165, 1.54) is 26.0 Å². The van der Waals surface area contributed by atoms with Crippen LogP contribution in [0.1, 0.15) is 26.7 Å². The summed E-state index contributed by atoms with van der Waals surface area (Å²) in [6.45, 7) is 2.73. The van der Waals surface area contributed by atoms with Crippen molar-refractivity contribution in [2.45, 2.75) is 31.6 Å². The van der Waals surface area contributed by atoms with Crippen molar-refractivity contribution in [3.05, 3.63) is 51.0 Å². The summed E-state index contributed by atoms with van der Waals surface area (Å²) in [4.78, 5) is 3.45. The van der Waals surface area contributed by atoms with Crippen LogP contribution < -0.4 is 0 Å². The summed E-state index contributed by atoms with van der Waals surface area (Å²) in [6, 6.07) is 6.20. The van der Waals surface area contributed by atoms with E-state index in [0.29, 0.717) is 11.3 Å². The first-order chi connectivity index (χ1) is 12.0. The van der Waals surface area contributed by atoms with Gasteiger partial charge in [0.1, 0.15) is 0 Å². The quantitative estimate of drug-likeness (QED) is 0.641. The Morgan fingerprint density at radius 3 is 2.08 bits per heavy atom. The van der Waals surface area contributed by atoms with Gasteiger partial charge >= 0.3 is 17.8 Å². The minimum Gasteiger partial charge on any atom is -0.246 e. The van der Waals surface area contributed by atoms with E-state index in [1.54, 1.807) is 6.07 Å². The minimum atomic E-state index is -5.64. The molecule has 1 aromatic heterocycles. The zero-order valence-corrected chi connectivity index (χ0v) is 14.2. The lowest BCUT2D eigenvalue weighted by Gasteiger charge is -2.25. The van der Waals surface area contributed by atoms with Crippen molar-refractivity contribution in [3.63, 3.8) is 0 Å². The Morgan fingerprint density at radius 2 is 1.54 bits per heavy atom. The number of benzene rings is 1. The van der Waals surface area contributed by atoms with Gasteiger partial charge in [-0.2, -0.15) is 31.6 Å². The Hall–Kier alpha value is -2.34. The van der Waals surface area contributed by atoms with Crippen LogP contribution in [0, 0.1) is 25.2 Å². The summed E-state index contributed by atoms with van der Waals surface area (Å²) in [6.07, 6.45) is 0. The molecule has 0 saturated heterocycles. The van der Waals surface area contributed by atoms with E-state index in [1.807, 2.05) is 0 Å². The fourth-order valence-corrected chi connectivity index (χ4v) is 3.95. The first kappa shape index (κ1) is 18.5. The fourth-order valence-electron chi connectivity index (χ4n) is 2.95. The van der Waals surface area contributed by atoms with E-state index < -0.39 is 44.9 Å². The molecule has 0 aliphatic heterocycles. The highest BCUT2D eigenvalue weighted by atomic mass is 32.1. The molecule has 2 nitrogen and oxygen atoms in total. The predicted octanol–water partition coefficient (Wildman–Crippen LogP) is 5.46. The summed E-state index contributed by atoms with van der Waals surface area (Å²) < 4.78 is 86.4. The number of aromatic nitrogens is 1. The van der Waals surface area contributed by atoms with E-state index in [2.05, 4.69) is 4.98 Å². The Balaban J connectivity index is 2.49. The van der Waals surface area contributed by atoms with Crippen LogP contribution in [-0.4, -0.2) is 22.8 Å². The van der Waals surface area contributed by atoms with Crippen molar-refractivity contribution in [3.8, 4) is 6.07 Å². The summed E-state index contributed by atoms with van der Waals surface area (Å²) >= 11 is 0.629. The molecule has 0 saturated carbocycles. The van der Waals surface area contributed by atoms with Crippen LogP contribution in [0.3, 0.4) is 0 Å². The second-order valence-electron chi connectivity index (χ2n) is 5.78. The molecule has 1 aliphatic rings. The third-order valence-corrected chi connectivity index (χ3v) is 5.20. The molecule has 0 amide bonds. The second kappa shape index (κ2) is 5.58. The number of halogens is 6. The molecule has 0 fully saturated rings. The van der Waals surface area contributed by atoms with Crippen molar-refractivity contribution < 1.29 is 26.3 Å². The number of rotatable bonds is 2. The molecule has 3 rings (SSSR count). The highest BCUT2D eigenvalue weighted by Gasteiger charge is 2.80. The molecule has 0 bridgehead atoms. The van der Waals surface area contributed by atoms with Crippen LogP contribution in [0.5, 0.6) is 0 Å². The SMILES string of the molecule is Cc1nc(C)c(C2=C(c3ccccc3C#N)C(F)(F)C(F)(F)C2(F)F)s1. The Labute approximate surface area is 148 Å². The average molecular weight is 388 g/mol. The van der Waals surface area contributed by atoms with E-state index in [9.17, 15) is 26.3 Å². The Morgan fingerprint density at radius 1 is 0.962 bits per heavy atom. The Kier molecular flexibility index (Phi) is 3.96. The van der Waals surface area contributed by atoms with E-state index in [0.717, 1.165) is 12.1 Å². The van der Waals surface area contributed by atoms with Crippen molar-refractivity contribution in [1.29, 1.82) is 5.26 Å². The summed E-state index contributed by atoms with van der Waals surface area (Å²) in [5.74, 6) is -15.9. The number of nitriles is 1. The van der Waals surface area contributed by atoms with E-state index >= 15 is 0 Å². The number of hydrogen-bond acceptors (Lipinski definition) is 3. The van der Waals surface area contributed by atoms with Gasteiger partial charge in [0.15, 0.2) is 0 Å². The number of thiazole rings is 1. The van der Waals surface area contributed by atoms with Crippen LogP contribution in [-0.2, 0) is 0 Å². The molecule has 0 atom stereocenters. The monoisotopic (exact) mass is 388 g/mol. The minimum absolute atomic E-state index is 0.0531. The van der Waals surface area contributed by atoms with Gasteiger partial charge in [0.25, 0.3) is 0 Å². The molecule has 26 heavy (non-hydrogen) atoms. The fraction of sp³-hybridized carbons (Fsp3) is 0.294. The number of hydrogen-bond donors (Lipinski definition) is 0. The van der Waals surface area contributed by atoms with Gasteiger partial charge in [0, 0.05) is 11.1 Å². The molecule has 136 valence electrons. The highest BCUT2D eigenvalue weighted by Crippen LogP contribution is 2.65. The average Bonchev–Trinajstić information content (AvgIpc) is 2.93. The first-order valence-corrected chi connectivity index (χ1v) is 8.11. The molecule has 1 aromatic carbocycles. The van der Waals surface area contributed by atoms with Crippen LogP contribution in [0.2, 0.25) is 0 Å². The zero-order valence-electron chi connectivity index (χ0n) is 13.4. The largest absolute Gasteiger partial charge is 0.380 e. The van der Waals surface area contributed by atoms with Crippen LogP contribution in [0.4, 0.5) is 26.3 Å². The van der Waals surface area contributed by atoms with Crippen molar-refractivity contribution in [1.82, 2.24) is 4.98 Å². The Bertz CT molecular complexity index is 968. The normalized spacial score (nSPS) is 20.3. The smallest absolute Gasteiger partial charge is 0.246 e. The molecule has 0 unspecified atom stereocenters. The van der Waals surface area contributed by atoms with Gasteiger partial charge in [-0.25, -0.2) is 4.98 Å². The topological polar surface area (TPSA) is 36.7 Å². The maximum atomic E-state index is 14.5. The summed E-state index contributed by atoms with van der Waals surface area (Å²) in [5.41, 5.74) is -4.10. The third-order valence-electron chi connectivity index (χ3n) is 4.11. The number of allylic oxidation sites excluding steroid dienone is 2. The molecule has 1 heterocycles. The molecule has 9 heteroatoms. The molecular formula is C17H10F6N2S. The molecule has 0 radical (unpaired) electrons. The van der Waals surface area contributed by atoms with E-state index in [-0.39, 0.29) is 10.7 Å². The molecule has 1 aliphatic carbocycles. The summed E-state index contributed by atoms with van der Waals surface area (Å²) in [5, 5.41) is 9.39. The number of alkyl halides is 6. The van der Waals surface area contributed by atoms with Gasteiger partial charge in [-0.3, -0.25) is 0 Å². The lowest BCUT2D eigenvalue weighted by molar-refractivity contribution is -0.254. The standard InChI is InChI=1S/C17H10F6N2S/c1-8-14(26-9(2)25-8)13-12(11-6-4-3-5-10(11)7-24)15(18,19)17(22,23)16(13,20)21/h3-6H,1-2H3. The van der Waals surface area contributed by atoms with E-state index in [4.69, 9.17) is 5.26 Å². The first-order valence-electron chi connectivity index (χ1n) is 7.29. The van der Waals surface area contributed by atoms with Gasteiger partial charge in [0.2, 0.25) is 0 Å². The van der Waals surface area contributed by atoms with Gasteiger partial charge in [-0.1, -0.05) is 18.2 Å². The van der Waals surface area contributed by atoms with Crippen molar-refractivity contribution >= 4 is 22.5 Å². The maximum Gasteiger partial charge on any atom is 0.380 e. The summed E-state index contributed by atoms with van der Waals surface area (Å²) in [7, 11) is 0. The van der Waals surface area contributed by atoms with Crippen molar-refractivity contribution in [2.24, 2.45) is 0 Å². The predicted molar refractivity (Wildman–Crippen MR) is 84.4 cm³/mol. The van der Waals surface area contributed by atoms with Gasteiger partial charge in [0.05, 0.1) is 32.8 Å². The highest BCUT2D eigenvalue weighted by molar-refractivity contribution is 7.13. The third kappa shape index (κ3) is 2.21. The van der Waals surface area contributed by atoms with Gasteiger partial charge in [-0.05, 0) is 19.9 Å². The van der Waals surface area contributed by atoms with Crippen LogP contribution in [0.15, 0.2) is 24.3 Å². The second-order valence-corrected chi connectivity index (χ2v) is 6.98.